The van der Waals surface area contributed by atoms with Crippen LogP contribution in [0.2, 0.25) is 5.02 Å². The number of amides is 1. The number of sulfonamides is 1. The average Bonchev–Trinajstić information content (AvgIpc) is 3.46. The largest absolute Gasteiger partial charge is 0.344 e. The van der Waals surface area contributed by atoms with Crippen LogP contribution in [0.1, 0.15) is 40.6 Å². The van der Waals surface area contributed by atoms with Crippen LogP contribution in [0, 0.1) is 0 Å². The Balaban J connectivity index is 1.47. The first kappa shape index (κ1) is 22.5. The van der Waals surface area contributed by atoms with Gasteiger partial charge in [-0.25, -0.2) is 8.42 Å². The van der Waals surface area contributed by atoms with Crippen LogP contribution in [0.25, 0.3) is 0 Å². The lowest BCUT2D eigenvalue weighted by Gasteiger charge is -2.25. The topological polar surface area (TPSA) is 66.5 Å². The fourth-order valence-electron chi connectivity index (χ4n) is 3.62. The summed E-state index contributed by atoms with van der Waals surface area (Å²) in [5.41, 5.74) is 0.944. The van der Waals surface area contributed by atoms with Crippen LogP contribution in [0.5, 0.6) is 0 Å². The fraction of sp³-hybridized carbons (Fsp3) is 0.318. The molecule has 5 nitrogen and oxygen atoms in total. The quantitative estimate of drug-likeness (QED) is 0.497. The van der Waals surface area contributed by atoms with Gasteiger partial charge in [-0.1, -0.05) is 36.2 Å². The third kappa shape index (κ3) is 5.38. The summed E-state index contributed by atoms with van der Waals surface area (Å²) in [6.45, 7) is 1.14. The first-order valence-electron chi connectivity index (χ1n) is 10.1. The van der Waals surface area contributed by atoms with Crippen molar-refractivity contribution in [2.45, 2.75) is 35.9 Å². The minimum atomic E-state index is -3.47. The molecule has 0 radical (unpaired) electrons. The highest BCUT2D eigenvalue weighted by Gasteiger charge is 2.27. The van der Waals surface area contributed by atoms with Crippen molar-refractivity contribution in [3.05, 3.63) is 74.3 Å². The summed E-state index contributed by atoms with van der Waals surface area (Å²) in [5, 5.41) is 5.70. The number of halogens is 1. The number of carbonyl (C=O) groups excluding carboxylic acids is 1. The van der Waals surface area contributed by atoms with Crippen molar-refractivity contribution in [3.63, 3.8) is 0 Å². The number of carbonyl (C=O) groups is 1. The van der Waals surface area contributed by atoms with Crippen molar-refractivity contribution in [1.29, 1.82) is 0 Å². The van der Waals surface area contributed by atoms with Gasteiger partial charge in [0.05, 0.1) is 12.5 Å². The zero-order valence-electron chi connectivity index (χ0n) is 16.8. The molecule has 31 heavy (non-hydrogen) atoms. The molecule has 2 aromatic heterocycles. The van der Waals surface area contributed by atoms with Gasteiger partial charge in [0.15, 0.2) is 0 Å². The van der Waals surface area contributed by atoms with Crippen molar-refractivity contribution in [1.82, 2.24) is 9.62 Å². The summed E-state index contributed by atoms with van der Waals surface area (Å²) >= 11 is 8.76. The summed E-state index contributed by atoms with van der Waals surface area (Å²) in [6, 6.07) is 14.4. The first-order valence-corrected chi connectivity index (χ1v) is 13.6. The van der Waals surface area contributed by atoms with Gasteiger partial charge < -0.3 is 5.32 Å². The van der Waals surface area contributed by atoms with Gasteiger partial charge in [-0.05, 0) is 54.1 Å². The second-order valence-corrected chi connectivity index (χ2v) is 12.2. The van der Waals surface area contributed by atoms with E-state index in [1.54, 1.807) is 39.9 Å². The molecular formula is C22H23ClN2O3S3. The minimum absolute atomic E-state index is 0.135. The van der Waals surface area contributed by atoms with Gasteiger partial charge in [0.25, 0.3) is 10.0 Å². The summed E-state index contributed by atoms with van der Waals surface area (Å²) in [5.74, 6) is -0.155. The molecule has 3 heterocycles. The Morgan fingerprint density at radius 1 is 1.06 bits per heavy atom. The number of thiophene rings is 2. The van der Waals surface area contributed by atoms with Crippen molar-refractivity contribution in [2.75, 3.05) is 13.1 Å². The molecule has 164 valence electrons. The van der Waals surface area contributed by atoms with Crippen LogP contribution in [-0.2, 0) is 21.2 Å². The average molecular weight is 495 g/mol. The second kappa shape index (κ2) is 9.83. The maximum Gasteiger partial charge on any atom is 0.252 e. The third-order valence-corrected chi connectivity index (χ3v) is 9.86. The molecule has 0 aliphatic carbocycles. The molecule has 1 N–H and O–H groups in total. The monoisotopic (exact) mass is 494 g/mol. The zero-order valence-corrected chi connectivity index (χ0v) is 20.0. The zero-order chi connectivity index (χ0) is 21.8. The Morgan fingerprint density at radius 2 is 1.81 bits per heavy atom. The van der Waals surface area contributed by atoms with Crippen LogP contribution >= 0.6 is 34.3 Å². The standard InChI is InChI=1S/C22H23ClN2O3S3/c23-17-8-6-16(7-9-17)22(19-5-4-14-29-19)24-20(26)15-18-10-11-21(30-18)31(27,28)25-12-2-1-3-13-25/h4-11,14,22H,1-3,12-13,15H2,(H,24,26). The fourth-order valence-corrected chi connectivity index (χ4v) is 7.58. The van der Waals surface area contributed by atoms with Gasteiger partial charge in [0.1, 0.15) is 4.21 Å². The van der Waals surface area contributed by atoms with Gasteiger partial charge >= 0.3 is 0 Å². The van der Waals surface area contributed by atoms with Gasteiger partial charge in [-0.15, -0.1) is 22.7 Å². The van der Waals surface area contributed by atoms with E-state index < -0.39 is 10.0 Å². The van der Waals surface area contributed by atoms with Crippen molar-refractivity contribution in [3.8, 4) is 0 Å². The highest BCUT2D eigenvalue weighted by Crippen LogP contribution is 2.29. The molecule has 1 aromatic carbocycles. The van der Waals surface area contributed by atoms with Gasteiger partial charge in [0.2, 0.25) is 5.91 Å². The Kier molecular flexibility index (Phi) is 7.13. The van der Waals surface area contributed by atoms with E-state index in [-0.39, 0.29) is 18.4 Å². The molecule has 1 aliphatic heterocycles. The minimum Gasteiger partial charge on any atom is -0.344 e. The molecule has 1 saturated heterocycles. The van der Waals surface area contributed by atoms with Crippen LogP contribution in [0.4, 0.5) is 0 Å². The predicted octanol–water partition coefficient (Wildman–Crippen LogP) is 5.09. The van der Waals surface area contributed by atoms with Gasteiger partial charge in [-0.2, -0.15) is 4.31 Å². The number of benzene rings is 1. The molecule has 1 atom stereocenters. The van der Waals surface area contributed by atoms with E-state index >= 15 is 0 Å². The lowest BCUT2D eigenvalue weighted by Crippen LogP contribution is -2.35. The normalized spacial score (nSPS) is 16.2. The van der Waals surface area contributed by atoms with Gasteiger partial charge in [-0.3, -0.25) is 4.79 Å². The van der Waals surface area contributed by atoms with E-state index in [0.29, 0.717) is 22.3 Å². The van der Waals surface area contributed by atoms with E-state index in [0.717, 1.165) is 34.6 Å². The smallest absolute Gasteiger partial charge is 0.252 e. The maximum absolute atomic E-state index is 12.9. The predicted molar refractivity (Wildman–Crippen MR) is 126 cm³/mol. The van der Waals surface area contributed by atoms with Crippen LogP contribution in [0.3, 0.4) is 0 Å². The van der Waals surface area contributed by atoms with E-state index in [2.05, 4.69) is 5.32 Å². The molecular weight excluding hydrogens is 472 g/mol. The maximum atomic E-state index is 12.9. The van der Waals surface area contributed by atoms with E-state index in [1.807, 2.05) is 29.6 Å². The molecule has 1 unspecified atom stereocenters. The Labute approximate surface area is 195 Å². The Bertz CT molecular complexity index is 1120. The van der Waals surface area contributed by atoms with E-state index in [1.165, 1.54) is 11.3 Å². The van der Waals surface area contributed by atoms with Crippen LogP contribution in [-0.4, -0.2) is 31.7 Å². The van der Waals surface area contributed by atoms with Gasteiger partial charge in [0, 0.05) is 27.9 Å². The molecule has 1 aliphatic rings. The van der Waals surface area contributed by atoms with Crippen molar-refractivity contribution >= 4 is 50.2 Å². The Morgan fingerprint density at radius 3 is 2.48 bits per heavy atom. The molecule has 0 bridgehead atoms. The highest BCUT2D eigenvalue weighted by atomic mass is 35.5. The summed E-state index contributed by atoms with van der Waals surface area (Å²) in [7, 11) is -3.47. The molecule has 0 saturated carbocycles. The van der Waals surface area contributed by atoms with E-state index in [4.69, 9.17) is 11.6 Å². The van der Waals surface area contributed by atoms with E-state index in [9.17, 15) is 13.2 Å². The first-order chi connectivity index (χ1) is 14.9. The third-order valence-electron chi connectivity index (χ3n) is 5.22. The number of nitrogens with zero attached hydrogens (tertiary/aromatic N) is 1. The molecule has 1 fully saturated rings. The molecule has 0 spiro atoms. The summed E-state index contributed by atoms with van der Waals surface area (Å²) in [4.78, 5) is 14.6. The van der Waals surface area contributed by atoms with Crippen LogP contribution < -0.4 is 5.32 Å². The number of hydrogen-bond acceptors (Lipinski definition) is 5. The molecule has 1 amide bonds. The summed E-state index contributed by atoms with van der Waals surface area (Å²) < 4.78 is 27.6. The number of hydrogen-bond donors (Lipinski definition) is 1. The number of piperidine rings is 1. The number of rotatable bonds is 7. The lowest BCUT2D eigenvalue weighted by atomic mass is 10.1. The lowest BCUT2D eigenvalue weighted by molar-refractivity contribution is -0.120. The highest BCUT2D eigenvalue weighted by molar-refractivity contribution is 7.91. The van der Waals surface area contributed by atoms with Crippen molar-refractivity contribution in [2.24, 2.45) is 0 Å². The number of nitrogens with one attached hydrogen (secondary N) is 1. The molecule has 4 rings (SSSR count). The second-order valence-electron chi connectivity index (χ2n) is 7.43. The summed E-state index contributed by atoms with van der Waals surface area (Å²) in [6.07, 6.45) is 3.00. The molecule has 9 heteroatoms. The SMILES string of the molecule is O=C(Cc1ccc(S(=O)(=O)N2CCCCC2)s1)NC(c1ccc(Cl)cc1)c1cccs1. The van der Waals surface area contributed by atoms with Crippen molar-refractivity contribution < 1.29 is 13.2 Å². The molecule has 3 aromatic rings. The van der Waals surface area contributed by atoms with Crippen LogP contribution in [0.15, 0.2) is 58.1 Å². The Hall–Kier alpha value is -1.71.